The molecule has 0 aliphatic heterocycles. The van der Waals surface area contributed by atoms with Crippen molar-refractivity contribution in [3.05, 3.63) is 36.5 Å². The molecular formula is C16H14N6O3. The highest BCUT2D eigenvalue weighted by Crippen LogP contribution is 2.26. The van der Waals surface area contributed by atoms with Gasteiger partial charge in [0.05, 0.1) is 19.7 Å². The first-order valence-corrected chi connectivity index (χ1v) is 7.40. The minimum atomic E-state index is 0.219. The van der Waals surface area contributed by atoms with Crippen LogP contribution in [0.3, 0.4) is 0 Å². The summed E-state index contributed by atoms with van der Waals surface area (Å²) in [6.07, 6.45) is 1.64. The van der Waals surface area contributed by atoms with Crippen LogP contribution in [0.2, 0.25) is 0 Å². The monoisotopic (exact) mass is 338 g/mol. The van der Waals surface area contributed by atoms with Crippen LogP contribution in [-0.4, -0.2) is 39.4 Å². The van der Waals surface area contributed by atoms with E-state index >= 15 is 0 Å². The van der Waals surface area contributed by atoms with Gasteiger partial charge < -0.3 is 18.9 Å². The van der Waals surface area contributed by atoms with Crippen LogP contribution in [0.25, 0.3) is 22.5 Å². The van der Waals surface area contributed by atoms with Crippen LogP contribution in [0, 0.1) is 0 Å². The molecular weight excluding hydrogens is 324 g/mol. The number of hydrogen-bond acceptors (Lipinski definition) is 8. The van der Waals surface area contributed by atoms with Gasteiger partial charge in [-0.25, -0.2) is 9.97 Å². The van der Waals surface area contributed by atoms with Crippen molar-refractivity contribution < 1.29 is 13.9 Å². The Bertz CT molecular complexity index is 1010. The number of methoxy groups -OCH3 is 2. The molecule has 0 spiro atoms. The lowest BCUT2D eigenvalue weighted by molar-refractivity contribution is 0.402. The third kappa shape index (κ3) is 2.82. The van der Waals surface area contributed by atoms with Crippen molar-refractivity contribution in [2.24, 2.45) is 0 Å². The Morgan fingerprint density at radius 3 is 2.64 bits per heavy atom. The molecule has 0 atom stereocenters. The van der Waals surface area contributed by atoms with E-state index in [-0.39, 0.29) is 6.01 Å². The highest BCUT2D eigenvalue weighted by Gasteiger charge is 2.13. The van der Waals surface area contributed by atoms with Crippen LogP contribution in [0.15, 0.2) is 40.9 Å². The topological polar surface area (TPSA) is 111 Å². The van der Waals surface area contributed by atoms with Gasteiger partial charge in [-0.05, 0) is 30.3 Å². The van der Waals surface area contributed by atoms with Crippen LogP contribution in [0.4, 0.5) is 12.0 Å². The highest BCUT2D eigenvalue weighted by molar-refractivity contribution is 5.82. The molecule has 4 aromatic rings. The Morgan fingerprint density at radius 2 is 1.88 bits per heavy atom. The maximum Gasteiger partial charge on any atom is 0.322 e. The van der Waals surface area contributed by atoms with Gasteiger partial charge in [-0.1, -0.05) is 5.10 Å². The van der Waals surface area contributed by atoms with Gasteiger partial charge in [0.2, 0.25) is 17.7 Å². The fourth-order valence-electron chi connectivity index (χ4n) is 2.34. The number of rotatable bonds is 5. The maximum absolute atomic E-state index is 5.62. The lowest BCUT2D eigenvalue weighted by Gasteiger charge is -1.99. The van der Waals surface area contributed by atoms with Crippen LogP contribution in [0.1, 0.15) is 0 Å². The molecule has 3 aromatic heterocycles. The summed E-state index contributed by atoms with van der Waals surface area (Å²) in [5.74, 6) is 2.03. The Hall–Kier alpha value is -3.62. The van der Waals surface area contributed by atoms with E-state index in [0.717, 1.165) is 16.8 Å². The predicted octanol–water partition coefficient (Wildman–Crippen LogP) is 2.77. The molecule has 25 heavy (non-hydrogen) atoms. The second kappa shape index (κ2) is 6.11. The van der Waals surface area contributed by atoms with Crippen molar-refractivity contribution in [2.45, 2.75) is 0 Å². The number of imidazole rings is 1. The van der Waals surface area contributed by atoms with Gasteiger partial charge in [0.25, 0.3) is 0 Å². The van der Waals surface area contributed by atoms with Gasteiger partial charge in [0, 0.05) is 11.8 Å². The SMILES string of the molecule is COc1ccc(-c2nnc(Nc3nc4c(OC)nccc4[nH]3)o2)cc1. The van der Waals surface area contributed by atoms with E-state index in [0.29, 0.717) is 23.2 Å². The van der Waals surface area contributed by atoms with E-state index in [9.17, 15) is 0 Å². The number of hydrogen-bond donors (Lipinski definition) is 2. The summed E-state index contributed by atoms with van der Waals surface area (Å²) in [6.45, 7) is 0. The third-order valence-corrected chi connectivity index (χ3v) is 3.55. The van der Waals surface area contributed by atoms with E-state index in [1.165, 1.54) is 0 Å². The summed E-state index contributed by atoms with van der Waals surface area (Å²) in [5, 5.41) is 10.9. The second-order valence-corrected chi connectivity index (χ2v) is 5.07. The zero-order chi connectivity index (χ0) is 17.2. The van der Waals surface area contributed by atoms with E-state index < -0.39 is 0 Å². The number of nitrogens with zero attached hydrogens (tertiary/aromatic N) is 4. The van der Waals surface area contributed by atoms with Crippen LogP contribution in [0.5, 0.6) is 11.6 Å². The van der Waals surface area contributed by atoms with Crippen molar-refractivity contribution in [3.8, 4) is 23.1 Å². The standard InChI is InChI=1S/C16H14N6O3/c1-23-10-5-3-9(4-6-10)13-21-22-16(25-13)20-15-18-11-7-8-17-14(24-2)12(11)19-15/h3-8H,1-2H3,(H2,18,19,20,22). The van der Waals surface area contributed by atoms with Crippen molar-refractivity contribution in [1.82, 2.24) is 25.1 Å². The highest BCUT2D eigenvalue weighted by atomic mass is 16.5. The van der Waals surface area contributed by atoms with Gasteiger partial charge in [0.15, 0.2) is 5.52 Å². The number of pyridine rings is 1. The van der Waals surface area contributed by atoms with E-state index in [2.05, 4.69) is 30.5 Å². The summed E-state index contributed by atoms with van der Waals surface area (Å²) in [7, 11) is 3.16. The Kier molecular flexibility index (Phi) is 3.65. The quantitative estimate of drug-likeness (QED) is 0.571. The Balaban J connectivity index is 1.58. The molecule has 0 unspecified atom stereocenters. The molecule has 9 heteroatoms. The molecule has 126 valence electrons. The molecule has 0 radical (unpaired) electrons. The maximum atomic E-state index is 5.62. The second-order valence-electron chi connectivity index (χ2n) is 5.07. The molecule has 1 aromatic carbocycles. The molecule has 3 heterocycles. The summed E-state index contributed by atoms with van der Waals surface area (Å²) >= 11 is 0. The molecule has 0 aliphatic carbocycles. The number of aromatic nitrogens is 5. The van der Waals surface area contributed by atoms with Gasteiger partial charge in [-0.2, -0.15) is 0 Å². The number of fused-ring (bicyclic) bond motifs is 1. The fourth-order valence-corrected chi connectivity index (χ4v) is 2.34. The zero-order valence-corrected chi connectivity index (χ0v) is 13.5. The molecule has 2 N–H and O–H groups in total. The lowest BCUT2D eigenvalue weighted by atomic mass is 10.2. The van der Waals surface area contributed by atoms with Crippen molar-refractivity contribution in [3.63, 3.8) is 0 Å². The first-order chi connectivity index (χ1) is 12.3. The molecule has 0 saturated heterocycles. The number of anilines is 2. The predicted molar refractivity (Wildman–Crippen MR) is 90.0 cm³/mol. The average Bonchev–Trinajstić information content (AvgIpc) is 3.28. The van der Waals surface area contributed by atoms with Crippen molar-refractivity contribution in [2.75, 3.05) is 19.5 Å². The molecule has 0 bridgehead atoms. The number of H-pyrrole nitrogens is 1. The smallest absolute Gasteiger partial charge is 0.322 e. The zero-order valence-electron chi connectivity index (χ0n) is 13.5. The van der Waals surface area contributed by atoms with Gasteiger partial charge in [-0.3, -0.25) is 5.32 Å². The van der Waals surface area contributed by atoms with Gasteiger partial charge in [-0.15, -0.1) is 5.10 Å². The minimum absolute atomic E-state index is 0.219. The van der Waals surface area contributed by atoms with E-state index in [1.807, 2.05) is 24.3 Å². The van der Waals surface area contributed by atoms with Crippen LogP contribution >= 0.6 is 0 Å². The van der Waals surface area contributed by atoms with Gasteiger partial charge >= 0.3 is 6.01 Å². The largest absolute Gasteiger partial charge is 0.497 e. The number of aromatic amines is 1. The average molecular weight is 338 g/mol. The van der Waals surface area contributed by atoms with Crippen molar-refractivity contribution >= 4 is 23.0 Å². The molecule has 0 aliphatic rings. The summed E-state index contributed by atoms with van der Waals surface area (Å²) in [4.78, 5) is 11.6. The van der Waals surface area contributed by atoms with Crippen LogP contribution in [-0.2, 0) is 0 Å². The third-order valence-electron chi connectivity index (χ3n) is 3.55. The molecule has 0 saturated carbocycles. The normalized spacial score (nSPS) is 10.8. The summed E-state index contributed by atoms with van der Waals surface area (Å²) in [6, 6.07) is 9.35. The fraction of sp³-hybridized carbons (Fsp3) is 0.125. The molecule has 4 rings (SSSR count). The van der Waals surface area contributed by atoms with Crippen molar-refractivity contribution in [1.29, 1.82) is 0 Å². The molecule has 0 amide bonds. The minimum Gasteiger partial charge on any atom is -0.497 e. The molecule has 9 nitrogen and oxygen atoms in total. The first kappa shape index (κ1) is 14.9. The van der Waals surface area contributed by atoms with Gasteiger partial charge in [0.1, 0.15) is 5.75 Å². The first-order valence-electron chi connectivity index (χ1n) is 7.40. The van der Waals surface area contributed by atoms with E-state index in [4.69, 9.17) is 13.9 Å². The Labute approximate surface area is 142 Å². The summed E-state index contributed by atoms with van der Waals surface area (Å²) < 4.78 is 15.9. The summed E-state index contributed by atoms with van der Waals surface area (Å²) in [5.41, 5.74) is 2.18. The number of benzene rings is 1. The molecule has 0 fully saturated rings. The van der Waals surface area contributed by atoms with E-state index in [1.54, 1.807) is 26.5 Å². The lowest BCUT2D eigenvalue weighted by Crippen LogP contribution is -1.92. The number of ether oxygens (including phenoxy) is 2. The van der Waals surface area contributed by atoms with Crippen LogP contribution < -0.4 is 14.8 Å². The number of nitrogens with one attached hydrogen (secondary N) is 2. The Morgan fingerprint density at radius 1 is 1.04 bits per heavy atom.